The van der Waals surface area contributed by atoms with E-state index in [9.17, 15) is 5.11 Å². The van der Waals surface area contributed by atoms with Crippen LogP contribution in [0.1, 0.15) is 17.2 Å². The van der Waals surface area contributed by atoms with Gasteiger partial charge in [0.05, 0.1) is 26.4 Å². The molecule has 0 aliphatic carbocycles. The second kappa shape index (κ2) is 6.70. The number of rotatable bonds is 5. The van der Waals surface area contributed by atoms with Crippen molar-refractivity contribution < 1.29 is 19.3 Å². The monoisotopic (exact) mass is 308 g/mol. The van der Waals surface area contributed by atoms with Gasteiger partial charge in [0, 0.05) is 5.56 Å². The first-order valence-electron chi connectivity index (χ1n) is 6.34. The maximum absolute atomic E-state index is 10.6. The van der Waals surface area contributed by atoms with Crippen LogP contribution in [0.25, 0.3) is 0 Å². The van der Waals surface area contributed by atoms with Crippen molar-refractivity contribution in [2.45, 2.75) is 6.10 Å². The van der Waals surface area contributed by atoms with E-state index in [1.165, 1.54) is 14.2 Å². The maximum atomic E-state index is 10.6. The summed E-state index contributed by atoms with van der Waals surface area (Å²) in [7, 11) is 4.60. The van der Waals surface area contributed by atoms with Gasteiger partial charge in [0.25, 0.3) is 0 Å². The zero-order valence-corrected chi connectivity index (χ0v) is 12.8. The topological polar surface area (TPSA) is 47.9 Å². The molecule has 112 valence electrons. The molecule has 0 amide bonds. The van der Waals surface area contributed by atoms with Gasteiger partial charge in [-0.25, -0.2) is 0 Å². The van der Waals surface area contributed by atoms with Crippen LogP contribution in [0.2, 0.25) is 5.02 Å². The highest BCUT2D eigenvalue weighted by atomic mass is 35.5. The SMILES string of the molecule is COc1ccccc1C(O)c1cc(Cl)c(OC)c(OC)c1. The van der Waals surface area contributed by atoms with Crippen molar-refractivity contribution in [2.24, 2.45) is 0 Å². The van der Waals surface area contributed by atoms with Crippen LogP contribution < -0.4 is 14.2 Å². The number of aliphatic hydroxyl groups is 1. The number of aliphatic hydroxyl groups excluding tert-OH is 1. The van der Waals surface area contributed by atoms with E-state index in [1.54, 1.807) is 31.4 Å². The van der Waals surface area contributed by atoms with Crippen LogP contribution in [0.5, 0.6) is 17.2 Å². The van der Waals surface area contributed by atoms with Gasteiger partial charge in [-0.2, -0.15) is 0 Å². The van der Waals surface area contributed by atoms with E-state index >= 15 is 0 Å². The second-order valence-electron chi connectivity index (χ2n) is 4.38. The number of benzene rings is 2. The summed E-state index contributed by atoms with van der Waals surface area (Å²) < 4.78 is 15.7. The zero-order chi connectivity index (χ0) is 15.4. The van der Waals surface area contributed by atoms with Gasteiger partial charge in [0.2, 0.25) is 0 Å². The summed E-state index contributed by atoms with van der Waals surface area (Å²) in [5.74, 6) is 1.51. The minimum Gasteiger partial charge on any atom is -0.496 e. The van der Waals surface area contributed by atoms with Crippen LogP contribution >= 0.6 is 11.6 Å². The van der Waals surface area contributed by atoms with Gasteiger partial charge in [0.1, 0.15) is 11.9 Å². The Morgan fingerprint density at radius 2 is 1.62 bits per heavy atom. The van der Waals surface area contributed by atoms with Gasteiger partial charge in [0.15, 0.2) is 11.5 Å². The number of hydrogen-bond donors (Lipinski definition) is 1. The Morgan fingerprint density at radius 1 is 0.952 bits per heavy atom. The van der Waals surface area contributed by atoms with Gasteiger partial charge in [-0.05, 0) is 23.8 Å². The summed E-state index contributed by atoms with van der Waals surface area (Å²) in [5.41, 5.74) is 1.26. The van der Waals surface area contributed by atoms with Gasteiger partial charge in [-0.3, -0.25) is 0 Å². The first-order chi connectivity index (χ1) is 10.1. The number of para-hydroxylation sites is 1. The molecule has 0 aliphatic rings. The minimum atomic E-state index is -0.876. The molecular formula is C16H17ClO4. The second-order valence-corrected chi connectivity index (χ2v) is 4.79. The summed E-state index contributed by atoms with van der Waals surface area (Å²) in [6, 6.07) is 10.6. The fourth-order valence-electron chi connectivity index (χ4n) is 2.17. The minimum absolute atomic E-state index is 0.376. The lowest BCUT2D eigenvalue weighted by Crippen LogP contribution is -2.03. The summed E-state index contributed by atoms with van der Waals surface area (Å²) >= 11 is 6.17. The van der Waals surface area contributed by atoms with Crippen molar-refractivity contribution in [2.75, 3.05) is 21.3 Å². The fourth-order valence-corrected chi connectivity index (χ4v) is 2.46. The van der Waals surface area contributed by atoms with Crippen LogP contribution in [0.3, 0.4) is 0 Å². The number of ether oxygens (including phenoxy) is 3. The lowest BCUT2D eigenvalue weighted by Gasteiger charge is -2.17. The Hall–Kier alpha value is -1.91. The van der Waals surface area contributed by atoms with Crippen LogP contribution in [0.4, 0.5) is 0 Å². The largest absolute Gasteiger partial charge is 0.496 e. The summed E-state index contributed by atoms with van der Waals surface area (Å²) in [4.78, 5) is 0. The number of methoxy groups -OCH3 is 3. The quantitative estimate of drug-likeness (QED) is 0.919. The predicted molar refractivity (Wildman–Crippen MR) is 81.6 cm³/mol. The molecule has 0 saturated carbocycles. The Bertz CT molecular complexity index is 628. The Kier molecular flexibility index (Phi) is 4.94. The van der Waals surface area contributed by atoms with Crippen LogP contribution in [0, 0.1) is 0 Å². The molecule has 1 atom stereocenters. The van der Waals surface area contributed by atoms with Crippen molar-refractivity contribution in [3.8, 4) is 17.2 Å². The Labute approximate surface area is 128 Å². The molecule has 0 heterocycles. The first kappa shape index (κ1) is 15.5. The average Bonchev–Trinajstić information content (AvgIpc) is 2.53. The Balaban J connectivity index is 2.48. The molecule has 1 unspecified atom stereocenters. The standard InChI is InChI=1S/C16H17ClO4/c1-19-13-7-5-4-6-11(13)15(18)10-8-12(17)16(21-3)14(9-10)20-2/h4-9,15,18H,1-3H3. The van der Waals surface area contributed by atoms with E-state index in [-0.39, 0.29) is 0 Å². The molecule has 0 radical (unpaired) electrons. The highest BCUT2D eigenvalue weighted by molar-refractivity contribution is 6.32. The van der Waals surface area contributed by atoms with Crippen LogP contribution in [-0.2, 0) is 0 Å². The number of hydrogen-bond acceptors (Lipinski definition) is 4. The molecular weight excluding hydrogens is 292 g/mol. The third-order valence-electron chi connectivity index (χ3n) is 3.21. The van der Waals surface area contributed by atoms with Crippen molar-refractivity contribution in [1.29, 1.82) is 0 Å². The van der Waals surface area contributed by atoms with Crippen LogP contribution in [-0.4, -0.2) is 26.4 Å². The lowest BCUT2D eigenvalue weighted by molar-refractivity contribution is 0.214. The highest BCUT2D eigenvalue weighted by Crippen LogP contribution is 2.40. The van der Waals surface area contributed by atoms with Crippen molar-refractivity contribution in [3.63, 3.8) is 0 Å². The molecule has 1 N–H and O–H groups in total. The molecule has 4 nitrogen and oxygen atoms in total. The van der Waals surface area contributed by atoms with Gasteiger partial charge >= 0.3 is 0 Å². The smallest absolute Gasteiger partial charge is 0.179 e. The third kappa shape index (κ3) is 3.06. The molecule has 2 rings (SSSR count). The molecule has 0 fully saturated rings. The van der Waals surface area contributed by atoms with E-state index in [0.717, 1.165) is 0 Å². The molecule has 0 saturated heterocycles. The fraction of sp³-hybridized carbons (Fsp3) is 0.250. The van der Waals surface area contributed by atoms with E-state index in [2.05, 4.69) is 0 Å². The van der Waals surface area contributed by atoms with E-state index in [4.69, 9.17) is 25.8 Å². The van der Waals surface area contributed by atoms with E-state index in [0.29, 0.717) is 33.4 Å². The van der Waals surface area contributed by atoms with E-state index < -0.39 is 6.10 Å². The molecule has 0 aromatic heterocycles. The van der Waals surface area contributed by atoms with Crippen molar-refractivity contribution in [1.82, 2.24) is 0 Å². The predicted octanol–water partition coefficient (Wildman–Crippen LogP) is 3.45. The molecule has 21 heavy (non-hydrogen) atoms. The third-order valence-corrected chi connectivity index (χ3v) is 3.49. The summed E-state index contributed by atoms with van der Waals surface area (Å²) in [6.45, 7) is 0. The Morgan fingerprint density at radius 3 is 2.24 bits per heavy atom. The molecule has 0 bridgehead atoms. The van der Waals surface area contributed by atoms with Crippen LogP contribution in [0.15, 0.2) is 36.4 Å². The first-order valence-corrected chi connectivity index (χ1v) is 6.72. The zero-order valence-electron chi connectivity index (χ0n) is 12.1. The van der Waals surface area contributed by atoms with Gasteiger partial charge in [-0.15, -0.1) is 0 Å². The summed E-state index contributed by atoms with van der Waals surface area (Å²) in [5, 5.41) is 11.0. The normalized spacial score (nSPS) is 11.9. The number of halogens is 1. The summed E-state index contributed by atoms with van der Waals surface area (Å²) in [6.07, 6.45) is -0.876. The average molecular weight is 309 g/mol. The van der Waals surface area contributed by atoms with Gasteiger partial charge < -0.3 is 19.3 Å². The van der Waals surface area contributed by atoms with E-state index in [1.807, 2.05) is 12.1 Å². The highest BCUT2D eigenvalue weighted by Gasteiger charge is 2.19. The maximum Gasteiger partial charge on any atom is 0.179 e. The molecule has 0 spiro atoms. The molecule has 2 aromatic carbocycles. The molecule has 5 heteroatoms. The van der Waals surface area contributed by atoms with Crippen molar-refractivity contribution >= 4 is 11.6 Å². The van der Waals surface area contributed by atoms with Gasteiger partial charge in [-0.1, -0.05) is 29.8 Å². The molecule has 2 aromatic rings. The molecule has 0 aliphatic heterocycles. The van der Waals surface area contributed by atoms with Crippen molar-refractivity contribution in [3.05, 3.63) is 52.5 Å². The lowest BCUT2D eigenvalue weighted by atomic mass is 10.00.